The number of rotatable bonds is 4. The van der Waals surface area contributed by atoms with E-state index in [2.05, 4.69) is 10.1 Å². The Morgan fingerprint density at radius 2 is 2.04 bits per heavy atom. The van der Waals surface area contributed by atoms with Gasteiger partial charge in [0, 0.05) is 18.6 Å². The van der Waals surface area contributed by atoms with Crippen molar-refractivity contribution in [3.8, 4) is 5.82 Å². The smallest absolute Gasteiger partial charge is 0.352 e. The van der Waals surface area contributed by atoms with Crippen LogP contribution in [0.1, 0.15) is 29.7 Å². The maximum Gasteiger partial charge on any atom is 0.352 e. The average Bonchev–Trinajstić information content (AvgIpc) is 3.25. The molecule has 4 rings (SSSR count). The van der Waals surface area contributed by atoms with Crippen molar-refractivity contribution < 1.29 is 18.7 Å². The van der Waals surface area contributed by atoms with Crippen molar-refractivity contribution in [1.82, 2.24) is 14.8 Å². The third-order valence-corrected chi connectivity index (χ3v) is 4.53. The minimum atomic E-state index is -3.68. The molecule has 0 aliphatic carbocycles. The molecule has 1 atom stereocenters. The molecule has 0 unspecified atom stereocenters. The Balaban J connectivity index is 1.68. The predicted octanol–water partition coefficient (Wildman–Crippen LogP) is 2.96. The second kappa shape index (κ2) is 6.24. The van der Waals surface area contributed by atoms with Gasteiger partial charge >= 0.3 is 11.8 Å². The Morgan fingerprint density at radius 1 is 1.22 bits per heavy atom. The molecular formula is C19H16F2N4O2. The summed E-state index contributed by atoms with van der Waals surface area (Å²) in [5.74, 6) is -4.40. The lowest BCUT2D eigenvalue weighted by Crippen LogP contribution is -2.34. The topological polar surface area (TPSA) is 71.2 Å². The lowest BCUT2D eigenvalue weighted by atomic mass is 9.98. The molecule has 0 saturated heterocycles. The molecule has 3 heterocycles. The van der Waals surface area contributed by atoms with Crippen molar-refractivity contribution in [2.45, 2.75) is 25.5 Å². The van der Waals surface area contributed by atoms with Gasteiger partial charge in [-0.3, -0.25) is 4.79 Å². The molecular weight excluding hydrogens is 354 g/mol. The molecule has 1 aliphatic heterocycles. The summed E-state index contributed by atoms with van der Waals surface area (Å²) in [6, 6.07) is 9.61. The summed E-state index contributed by atoms with van der Waals surface area (Å²) in [7, 11) is 0. The van der Waals surface area contributed by atoms with E-state index in [9.17, 15) is 18.7 Å². The number of carbonyl (C=O) groups is 1. The van der Waals surface area contributed by atoms with Crippen LogP contribution in [-0.2, 0) is 17.3 Å². The number of benzene rings is 1. The van der Waals surface area contributed by atoms with E-state index >= 15 is 0 Å². The highest BCUT2D eigenvalue weighted by molar-refractivity contribution is 6.06. The lowest BCUT2D eigenvalue weighted by molar-refractivity contribution is -0.141. The number of anilines is 1. The number of amides is 1. The van der Waals surface area contributed by atoms with Crippen molar-refractivity contribution in [2.24, 2.45) is 0 Å². The van der Waals surface area contributed by atoms with Crippen molar-refractivity contribution in [3.63, 3.8) is 0 Å². The quantitative estimate of drug-likeness (QED) is 0.767. The number of aliphatic hydroxyl groups is 1. The number of aromatic nitrogens is 3. The molecule has 27 heavy (non-hydrogen) atoms. The Morgan fingerprint density at radius 3 is 2.67 bits per heavy atom. The Bertz CT molecular complexity index is 985. The summed E-state index contributed by atoms with van der Waals surface area (Å²) in [5.41, 5.74) is 0.344. The van der Waals surface area contributed by atoms with E-state index in [-0.39, 0.29) is 17.8 Å². The molecule has 0 radical (unpaired) electrons. The number of hydrogen-bond donors (Lipinski definition) is 1. The maximum atomic E-state index is 14.6. The van der Waals surface area contributed by atoms with Crippen LogP contribution >= 0.6 is 0 Å². The number of pyridine rings is 1. The van der Waals surface area contributed by atoms with Gasteiger partial charge in [0.25, 0.3) is 0 Å². The van der Waals surface area contributed by atoms with Crippen molar-refractivity contribution in [1.29, 1.82) is 0 Å². The summed E-state index contributed by atoms with van der Waals surface area (Å²) in [6.45, 7) is 1.35. The first-order valence-corrected chi connectivity index (χ1v) is 8.36. The number of carbonyl (C=O) groups excluding carboxylic acids is 1. The molecule has 0 fully saturated rings. The molecule has 8 heteroatoms. The monoisotopic (exact) mass is 370 g/mol. The van der Waals surface area contributed by atoms with E-state index < -0.39 is 23.5 Å². The second-order valence-corrected chi connectivity index (χ2v) is 6.36. The molecule has 1 N–H and O–H groups in total. The molecule has 1 amide bonds. The van der Waals surface area contributed by atoms with Crippen molar-refractivity contribution in [3.05, 3.63) is 71.7 Å². The van der Waals surface area contributed by atoms with Crippen molar-refractivity contribution >= 4 is 11.6 Å². The fourth-order valence-corrected chi connectivity index (χ4v) is 3.25. The molecule has 3 aromatic rings. The van der Waals surface area contributed by atoms with Crippen LogP contribution in [0.3, 0.4) is 0 Å². The van der Waals surface area contributed by atoms with Gasteiger partial charge in [-0.05, 0) is 36.2 Å². The zero-order chi connectivity index (χ0) is 19.2. The van der Waals surface area contributed by atoms with Gasteiger partial charge in [0.2, 0.25) is 0 Å². The molecule has 138 valence electrons. The molecule has 1 aliphatic rings. The minimum absolute atomic E-state index is 0.0446. The number of halogens is 2. The normalized spacial score (nSPS) is 16.4. The molecule has 1 aromatic carbocycles. The van der Waals surface area contributed by atoms with Crippen LogP contribution in [0.25, 0.3) is 5.82 Å². The summed E-state index contributed by atoms with van der Waals surface area (Å²) in [5, 5.41) is 13.9. The van der Waals surface area contributed by atoms with E-state index in [0.717, 1.165) is 4.90 Å². The van der Waals surface area contributed by atoms with Crippen molar-refractivity contribution in [2.75, 3.05) is 4.90 Å². The molecule has 0 spiro atoms. The second-order valence-electron chi connectivity index (χ2n) is 6.36. The third-order valence-electron chi connectivity index (χ3n) is 4.53. The molecule has 0 saturated carbocycles. The minimum Gasteiger partial charge on any atom is -0.389 e. The maximum absolute atomic E-state index is 14.6. The number of alkyl halides is 2. The van der Waals surface area contributed by atoms with Crippen LogP contribution in [-0.4, -0.2) is 25.8 Å². The first-order chi connectivity index (χ1) is 12.9. The SMILES string of the molecule is C[C@H](O)c1cccc2c1C(F)(F)C(=O)N2Cc1ccc(-n2cccn2)nc1. The summed E-state index contributed by atoms with van der Waals surface area (Å²) in [4.78, 5) is 17.7. The van der Waals surface area contributed by atoms with Gasteiger partial charge in [-0.15, -0.1) is 0 Å². The third kappa shape index (κ3) is 2.78. The van der Waals surface area contributed by atoms with Gasteiger partial charge in [0.15, 0.2) is 5.82 Å². The first kappa shape index (κ1) is 17.3. The summed E-state index contributed by atoms with van der Waals surface area (Å²) in [6.07, 6.45) is 3.78. The van der Waals surface area contributed by atoms with Crippen LogP contribution in [0, 0.1) is 0 Å². The molecule has 0 bridgehead atoms. The van der Waals surface area contributed by atoms with Crippen LogP contribution in [0.4, 0.5) is 14.5 Å². The van der Waals surface area contributed by atoms with Gasteiger partial charge in [-0.25, -0.2) is 9.67 Å². The van der Waals surface area contributed by atoms with Crippen LogP contribution < -0.4 is 4.90 Å². The standard InChI is InChI=1S/C19H16F2N4O2/c1-12(26)14-4-2-5-15-17(14)19(20,21)18(27)24(15)11-13-6-7-16(22-10-13)25-9-3-8-23-25/h2-10,12,26H,11H2,1H3/t12-/m0/s1. The number of nitrogens with zero attached hydrogens (tertiary/aromatic N) is 4. The van der Waals surface area contributed by atoms with Gasteiger partial charge in [-0.1, -0.05) is 18.2 Å². The fraction of sp³-hybridized carbons (Fsp3) is 0.211. The zero-order valence-electron chi connectivity index (χ0n) is 14.4. The van der Waals surface area contributed by atoms with E-state index in [0.29, 0.717) is 11.4 Å². The largest absolute Gasteiger partial charge is 0.389 e. The van der Waals surface area contributed by atoms with Gasteiger partial charge in [0.05, 0.1) is 23.9 Å². The first-order valence-electron chi connectivity index (χ1n) is 8.36. The highest BCUT2D eigenvalue weighted by atomic mass is 19.3. The van der Waals surface area contributed by atoms with E-state index in [1.54, 1.807) is 41.3 Å². The molecule has 6 nitrogen and oxygen atoms in total. The Hall–Kier alpha value is -3.13. The highest BCUT2D eigenvalue weighted by Crippen LogP contribution is 2.47. The average molecular weight is 370 g/mol. The summed E-state index contributed by atoms with van der Waals surface area (Å²) >= 11 is 0. The Labute approximate surface area is 153 Å². The van der Waals surface area contributed by atoms with Crippen LogP contribution in [0.5, 0.6) is 0 Å². The lowest BCUT2D eigenvalue weighted by Gasteiger charge is -2.17. The predicted molar refractivity (Wildman–Crippen MR) is 93.5 cm³/mol. The number of fused-ring (bicyclic) bond motifs is 1. The van der Waals surface area contributed by atoms with Gasteiger partial charge in [-0.2, -0.15) is 13.9 Å². The number of aliphatic hydroxyl groups excluding tert-OH is 1. The van der Waals surface area contributed by atoms with E-state index in [1.807, 2.05) is 0 Å². The number of hydrogen-bond acceptors (Lipinski definition) is 4. The zero-order valence-corrected chi connectivity index (χ0v) is 14.4. The molecule has 2 aromatic heterocycles. The van der Waals surface area contributed by atoms with Gasteiger partial charge < -0.3 is 10.0 Å². The Kier molecular flexibility index (Phi) is 4.00. The highest BCUT2D eigenvalue weighted by Gasteiger charge is 2.54. The van der Waals surface area contributed by atoms with E-state index in [4.69, 9.17) is 0 Å². The van der Waals surface area contributed by atoms with Crippen LogP contribution in [0.15, 0.2) is 55.0 Å². The van der Waals surface area contributed by atoms with E-state index in [1.165, 1.54) is 25.3 Å². The fourth-order valence-electron chi connectivity index (χ4n) is 3.25. The van der Waals surface area contributed by atoms with Crippen LogP contribution in [0.2, 0.25) is 0 Å². The summed E-state index contributed by atoms with van der Waals surface area (Å²) < 4.78 is 30.8. The van der Waals surface area contributed by atoms with Gasteiger partial charge in [0.1, 0.15) is 0 Å².